The second kappa shape index (κ2) is 5.12. The average molecular weight is 321 g/mol. The molecule has 19 heavy (non-hydrogen) atoms. The molecular formula is C12H9BrN4O2. The molecular weight excluding hydrogens is 312 g/mol. The number of nitrogens with two attached hydrogens (primary N) is 1. The number of methoxy groups -OCH3 is 1. The van der Waals surface area contributed by atoms with E-state index in [1.54, 1.807) is 18.2 Å². The molecule has 7 heteroatoms. The van der Waals surface area contributed by atoms with E-state index in [1.165, 1.54) is 18.0 Å². The van der Waals surface area contributed by atoms with E-state index in [4.69, 9.17) is 11.0 Å². The van der Waals surface area contributed by atoms with Gasteiger partial charge in [-0.3, -0.25) is 0 Å². The van der Waals surface area contributed by atoms with E-state index in [2.05, 4.69) is 25.8 Å². The Bertz CT molecular complexity index is 688. The van der Waals surface area contributed by atoms with Gasteiger partial charge in [0.1, 0.15) is 6.07 Å². The van der Waals surface area contributed by atoms with Crippen LogP contribution in [0.3, 0.4) is 0 Å². The van der Waals surface area contributed by atoms with Crippen LogP contribution in [0.5, 0.6) is 0 Å². The standard InChI is InChI=1S/C12H9BrN4O2/c1-19-12(18)11-10(15)6-17(16-11)8-3-2-7(5-14)9(13)4-8/h2-4,6H,15H2,1H3. The van der Waals surface area contributed by atoms with Gasteiger partial charge in [0, 0.05) is 4.47 Å². The number of nitrogen functional groups attached to an aromatic ring is 1. The topological polar surface area (TPSA) is 93.9 Å². The van der Waals surface area contributed by atoms with Crippen molar-refractivity contribution in [1.82, 2.24) is 9.78 Å². The van der Waals surface area contributed by atoms with Crippen molar-refractivity contribution in [2.45, 2.75) is 0 Å². The highest BCUT2D eigenvalue weighted by Gasteiger charge is 2.16. The van der Waals surface area contributed by atoms with Crippen LogP contribution in [0.25, 0.3) is 5.69 Å². The molecule has 6 nitrogen and oxygen atoms in total. The quantitative estimate of drug-likeness (QED) is 0.852. The van der Waals surface area contributed by atoms with Crippen LogP contribution in [0.1, 0.15) is 16.1 Å². The summed E-state index contributed by atoms with van der Waals surface area (Å²) >= 11 is 3.29. The number of hydrogen-bond donors (Lipinski definition) is 1. The van der Waals surface area contributed by atoms with Crippen molar-refractivity contribution >= 4 is 27.6 Å². The highest BCUT2D eigenvalue weighted by molar-refractivity contribution is 9.10. The highest BCUT2D eigenvalue weighted by atomic mass is 79.9. The van der Waals surface area contributed by atoms with Crippen molar-refractivity contribution in [3.63, 3.8) is 0 Å². The molecule has 0 unspecified atom stereocenters. The number of hydrogen-bond acceptors (Lipinski definition) is 5. The zero-order valence-corrected chi connectivity index (χ0v) is 11.5. The summed E-state index contributed by atoms with van der Waals surface area (Å²) in [5, 5.41) is 12.9. The summed E-state index contributed by atoms with van der Waals surface area (Å²) in [5.41, 5.74) is 7.17. The fourth-order valence-corrected chi connectivity index (χ4v) is 1.97. The first-order chi connectivity index (χ1) is 9.06. The van der Waals surface area contributed by atoms with Gasteiger partial charge in [-0.15, -0.1) is 0 Å². The summed E-state index contributed by atoms with van der Waals surface area (Å²) in [6, 6.07) is 7.11. The van der Waals surface area contributed by atoms with Gasteiger partial charge in [0.05, 0.1) is 30.2 Å². The molecule has 0 saturated heterocycles. The minimum atomic E-state index is -0.594. The number of anilines is 1. The number of halogens is 1. The molecule has 96 valence electrons. The summed E-state index contributed by atoms with van der Waals surface area (Å²) < 4.78 is 6.67. The Kier molecular flexibility index (Phi) is 3.53. The molecule has 2 N–H and O–H groups in total. The van der Waals surface area contributed by atoms with E-state index >= 15 is 0 Å². The average Bonchev–Trinajstić information content (AvgIpc) is 2.80. The maximum Gasteiger partial charge on any atom is 0.360 e. The highest BCUT2D eigenvalue weighted by Crippen LogP contribution is 2.21. The van der Waals surface area contributed by atoms with Crippen LogP contribution in [-0.2, 0) is 4.74 Å². The molecule has 0 bridgehead atoms. The van der Waals surface area contributed by atoms with Crippen LogP contribution < -0.4 is 5.73 Å². The van der Waals surface area contributed by atoms with Gasteiger partial charge in [-0.1, -0.05) is 0 Å². The predicted octanol–water partition coefficient (Wildman–Crippen LogP) is 1.88. The van der Waals surface area contributed by atoms with Gasteiger partial charge in [-0.2, -0.15) is 10.4 Å². The smallest absolute Gasteiger partial charge is 0.360 e. The Morgan fingerprint density at radius 1 is 1.58 bits per heavy atom. The van der Waals surface area contributed by atoms with E-state index in [1.807, 2.05) is 6.07 Å². The van der Waals surface area contributed by atoms with Crippen LogP contribution in [-0.4, -0.2) is 22.9 Å². The SMILES string of the molecule is COC(=O)c1nn(-c2ccc(C#N)c(Br)c2)cc1N. The minimum Gasteiger partial charge on any atom is -0.464 e. The number of nitriles is 1. The lowest BCUT2D eigenvalue weighted by Crippen LogP contribution is -2.06. The molecule has 0 atom stereocenters. The van der Waals surface area contributed by atoms with Crippen molar-refractivity contribution in [2.75, 3.05) is 12.8 Å². The normalized spacial score (nSPS) is 9.95. The fourth-order valence-electron chi connectivity index (χ4n) is 1.51. The van der Waals surface area contributed by atoms with E-state index in [0.717, 1.165) is 0 Å². The summed E-state index contributed by atoms with van der Waals surface area (Å²) in [6.45, 7) is 0. The number of aromatic nitrogens is 2. The third-order valence-electron chi connectivity index (χ3n) is 2.46. The number of nitrogens with zero attached hydrogens (tertiary/aromatic N) is 3. The van der Waals surface area contributed by atoms with Gasteiger partial charge in [0.15, 0.2) is 5.69 Å². The van der Waals surface area contributed by atoms with Crippen molar-refractivity contribution < 1.29 is 9.53 Å². The molecule has 1 aromatic heterocycles. The monoisotopic (exact) mass is 320 g/mol. The lowest BCUT2D eigenvalue weighted by Gasteiger charge is -2.02. The molecule has 0 radical (unpaired) electrons. The van der Waals surface area contributed by atoms with Crippen LogP contribution in [0.2, 0.25) is 0 Å². The van der Waals surface area contributed by atoms with Crippen LogP contribution >= 0.6 is 15.9 Å². The molecule has 0 aliphatic carbocycles. The number of carbonyl (C=O) groups is 1. The molecule has 2 aromatic rings. The van der Waals surface area contributed by atoms with Gasteiger partial charge in [-0.25, -0.2) is 9.48 Å². The molecule has 0 spiro atoms. The Morgan fingerprint density at radius 2 is 2.32 bits per heavy atom. The van der Waals surface area contributed by atoms with Gasteiger partial charge in [-0.05, 0) is 34.1 Å². The summed E-state index contributed by atoms with van der Waals surface area (Å²) in [6.07, 6.45) is 1.51. The second-order valence-electron chi connectivity index (χ2n) is 3.65. The lowest BCUT2D eigenvalue weighted by atomic mass is 10.2. The predicted molar refractivity (Wildman–Crippen MR) is 71.7 cm³/mol. The van der Waals surface area contributed by atoms with Gasteiger partial charge in [0.2, 0.25) is 0 Å². The summed E-state index contributed by atoms with van der Waals surface area (Å²) in [7, 11) is 1.26. The Balaban J connectivity index is 2.46. The second-order valence-corrected chi connectivity index (χ2v) is 4.50. The van der Waals surface area contributed by atoms with Crippen LogP contribution in [0.4, 0.5) is 5.69 Å². The van der Waals surface area contributed by atoms with Gasteiger partial charge < -0.3 is 10.5 Å². The number of carbonyl (C=O) groups excluding carboxylic acids is 1. The molecule has 0 fully saturated rings. The van der Waals surface area contributed by atoms with Crippen LogP contribution in [0.15, 0.2) is 28.9 Å². The molecule has 0 amide bonds. The first-order valence-electron chi connectivity index (χ1n) is 5.20. The number of esters is 1. The fraction of sp³-hybridized carbons (Fsp3) is 0.0833. The molecule has 0 aliphatic heterocycles. The first kappa shape index (κ1) is 13.1. The van der Waals surface area contributed by atoms with Crippen LogP contribution in [0, 0.1) is 11.3 Å². The third kappa shape index (κ3) is 2.44. The van der Waals surface area contributed by atoms with Crippen molar-refractivity contribution in [3.05, 3.63) is 40.1 Å². The van der Waals surface area contributed by atoms with E-state index in [0.29, 0.717) is 15.7 Å². The Morgan fingerprint density at radius 3 is 2.89 bits per heavy atom. The number of rotatable bonds is 2. The Labute approximate surface area is 117 Å². The minimum absolute atomic E-state index is 0.0583. The molecule has 2 rings (SSSR count). The van der Waals surface area contributed by atoms with Gasteiger partial charge in [0.25, 0.3) is 0 Å². The Hall–Kier alpha value is -2.33. The number of ether oxygens (including phenoxy) is 1. The van der Waals surface area contributed by atoms with E-state index in [9.17, 15) is 4.79 Å². The van der Waals surface area contributed by atoms with Crippen molar-refractivity contribution in [3.8, 4) is 11.8 Å². The summed E-state index contributed by atoms with van der Waals surface area (Å²) in [5.74, 6) is -0.594. The maximum atomic E-state index is 11.4. The van der Waals surface area contributed by atoms with E-state index < -0.39 is 5.97 Å². The third-order valence-corrected chi connectivity index (χ3v) is 3.12. The zero-order valence-electron chi connectivity index (χ0n) is 9.92. The van der Waals surface area contributed by atoms with Crippen molar-refractivity contribution in [2.24, 2.45) is 0 Å². The largest absolute Gasteiger partial charge is 0.464 e. The molecule has 1 heterocycles. The summed E-state index contributed by atoms with van der Waals surface area (Å²) in [4.78, 5) is 11.4. The molecule has 0 saturated carbocycles. The number of benzene rings is 1. The van der Waals surface area contributed by atoms with Gasteiger partial charge >= 0.3 is 5.97 Å². The maximum absolute atomic E-state index is 11.4. The van der Waals surface area contributed by atoms with Crippen molar-refractivity contribution in [1.29, 1.82) is 5.26 Å². The first-order valence-corrected chi connectivity index (χ1v) is 5.99. The van der Waals surface area contributed by atoms with E-state index in [-0.39, 0.29) is 11.4 Å². The molecule has 1 aromatic carbocycles. The molecule has 0 aliphatic rings. The zero-order chi connectivity index (χ0) is 14.0. The lowest BCUT2D eigenvalue weighted by molar-refractivity contribution is 0.0594.